The van der Waals surface area contributed by atoms with Gasteiger partial charge in [-0.25, -0.2) is 13.1 Å². The van der Waals surface area contributed by atoms with E-state index in [-0.39, 0.29) is 17.3 Å². The van der Waals surface area contributed by atoms with Crippen molar-refractivity contribution in [2.75, 3.05) is 11.4 Å². The molecule has 1 heterocycles. The van der Waals surface area contributed by atoms with Gasteiger partial charge in [0.15, 0.2) is 0 Å². The van der Waals surface area contributed by atoms with Crippen LogP contribution in [-0.2, 0) is 23.0 Å². The minimum atomic E-state index is -3.56. The lowest BCUT2D eigenvalue weighted by atomic mass is 10.1. The van der Waals surface area contributed by atoms with Crippen molar-refractivity contribution in [2.24, 2.45) is 0 Å². The highest BCUT2D eigenvalue weighted by Gasteiger charge is 2.25. The van der Waals surface area contributed by atoms with Gasteiger partial charge in [-0.3, -0.25) is 4.79 Å². The molecule has 0 spiro atoms. The van der Waals surface area contributed by atoms with Crippen LogP contribution in [0.1, 0.15) is 27.0 Å². The van der Waals surface area contributed by atoms with Crippen molar-refractivity contribution in [1.29, 1.82) is 0 Å². The van der Waals surface area contributed by atoms with E-state index in [0.29, 0.717) is 12.1 Å². The fourth-order valence-electron chi connectivity index (χ4n) is 3.49. The number of anilines is 1. The zero-order valence-electron chi connectivity index (χ0n) is 16.1. The van der Waals surface area contributed by atoms with Crippen molar-refractivity contribution in [2.45, 2.75) is 24.8 Å². The van der Waals surface area contributed by atoms with Gasteiger partial charge in [-0.05, 0) is 54.8 Å². The van der Waals surface area contributed by atoms with Crippen LogP contribution in [-0.4, -0.2) is 20.9 Å². The Morgan fingerprint density at radius 1 is 1.00 bits per heavy atom. The Morgan fingerprint density at radius 2 is 1.72 bits per heavy atom. The van der Waals surface area contributed by atoms with E-state index in [9.17, 15) is 13.2 Å². The van der Waals surface area contributed by atoms with Gasteiger partial charge < -0.3 is 4.90 Å². The van der Waals surface area contributed by atoms with Crippen LogP contribution in [0, 0.1) is 6.92 Å². The van der Waals surface area contributed by atoms with Crippen molar-refractivity contribution in [3.8, 4) is 0 Å². The van der Waals surface area contributed by atoms with E-state index in [2.05, 4.69) is 4.72 Å². The Morgan fingerprint density at radius 3 is 2.45 bits per heavy atom. The van der Waals surface area contributed by atoms with Crippen LogP contribution in [0.2, 0.25) is 0 Å². The molecule has 29 heavy (non-hydrogen) atoms. The maximum absolute atomic E-state index is 12.8. The monoisotopic (exact) mass is 406 g/mol. The van der Waals surface area contributed by atoms with Crippen LogP contribution in [0.4, 0.5) is 5.69 Å². The molecule has 0 saturated carbocycles. The molecule has 0 aliphatic carbocycles. The maximum Gasteiger partial charge on any atom is 0.258 e. The number of aryl methyl sites for hydroxylation is 1. The number of hydrogen-bond acceptors (Lipinski definition) is 3. The molecule has 5 nitrogen and oxygen atoms in total. The highest BCUT2D eigenvalue weighted by Crippen LogP contribution is 2.30. The fourth-order valence-corrected chi connectivity index (χ4v) is 4.51. The van der Waals surface area contributed by atoms with E-state index in [1.54, 1.807) is 29.2 Å². The predicted molar refractivity (Wildman–Crippen MR) is 113 cm³/mol. The summed E-state index contributed by atoms with van der Waals surface area (Å²) in [6, 6.07) is 21.7. The summed E-state index contributed by atoms with van der Waals surface area (Å²) in [6.45, 7) is 2.75. The Balaban J connectivity index is 1.48. The molecule has 6 heteroatoms. The highest BCUT2D eigenvalue weighted by atomic mass is 32.2. The van der Waals surface area contributed by atoms with Gasteiger partial charge in [0.1, 0.15) is 0 Å². The summed E-state index contributed by atoms with van der Waals surface area (Å²) in [6.07, 6.45) is 0.756. The van der Waals surface area contributed by atoms with Gasteiger partial charge in [0.2, 0.25) is 10.0 Å². The van der Waals surface area contributed by atoms with Crippen molar-refractivity contribution < 1.29 is 13.2 Å². The number of hydrogen-bond donors (Lipinski definition) is 1. The number of carbonyl (C=O) groups is 1. The predicted octanol–water partition coefficient (Wildman–Crippen LogP) is 3.68. The molecule has 0 fully saturated rings. The third-order valence-electron chi connectivity index (χ3n) is 5.10. The average molecular weight is 407 g/mol. The maximum atomic E-state index is 12.8. The van der Waals surface area contributed by atoms with Gasteiger partial charge in [-0.2, -0.15) is 0 Å². The summed E-state index contributed by atoms with van der Waals surface area (Å²) in [5.74, 6) is -0.0165. The zero-order valence-corrected chi connectivity index (χ0v) is 16.9. The molecule has 1 aliphatic rings. The van der Waals surface area contributed by atoms with Crippen molar-refractivity contribution in [1.82, 2.24) is 4.72 Å². The van der Waals surface area contributed by atoms with E-state index in [4.69, 9.17) is 0 Å². The van der Waals surface area contributed by atoms with E-state index in [1.807, 2.05) is 55.5 Å². The second kappa shape index (κ2) is 7.81. The molecule has 148 valence electrons. The van der Waals surface area contributed by atoms with E-state index < -0.39 is 10.0 Å². The summed E-state index contributed by atoms with van der Waals surface area (Å²) in [5, 5.41) is 0. The lowest BCUT2D eigenvalue weighted by Crippen LogP contribution is -2.28. The Kier molecular flexibility index (Phi) is 5.22. The molecule has 4 rings (SSSR count). The van der Waals surface area contributed by atoms with Gasteiger partial charge in [0.25, 0.3) is 5.91 Å². The number of rotatable bonds is 5. The summed E-state index contributed by atoms with van der Waals surface area (Å²) >= 11 is 0. The molecular weight excluding hydrogens is 384 g/mol. The van der Waals surface area contributed by atoms with Crippen LogP contribution in [0.25, 0.3) is 0 Å². The first-order valence-corrected chi connectivity index (χ1v) is 11.0. The number of benzene rings is 3. The third-order valence-corrected chi connectivity index (χ3v) is 6.52. The van der Waals surface area contributed by atoms with Gasteiger partial charge in [0, 0.05) is 24.3 Å². The molecular formula is C23H22N2O3S. The zero-order chi connectivity index (χ0) is 20.4. The average Bonchev–Trinajstić information content (AvgIpc) is 3.16. The quantitative estimate of drug-likeness (QED) is 0.703. The molecule has 1 N–H and O–H groups in total. The van der Waals surface area contributed by atoms with Gasteiger partial charge in [0.05, 0.1) is 4.90 Å². The van der Waals surface area contributed by atoms with E-state index >= 15 is 0 Å². The second-order valence-corrected chi connectivity index (χ2v) is 8.94. The van der Waals surface area contributed by atoms with Crippen LogP contribution < -0.4 is 9.62 Å². The number of fused-ring (bicyclic) bond motifs is 1. The van der Waals surface area contributed by atoms with Crippen molar-refractivity contribution >= 4 is 21.6 Å². The summed E-state index contributed by atoms with van der Waals surface area (Å²) < 4.78 is 27.6. The first-order chi connectivity index (χ1) is 13.9. The normalized spacial score (nSPS) is 13.3. The first kappa shape index (κ1) is 19.4. The van der Waals surface area contributed by atoms with Crippen LogP contribution in [0.15, 0.2) is 77.7 Å². The third kappa shape index (κ3) is 4.09. The SMILES string of the molecule is Cc1ccc(S(=O)(=O)NCc2ccc3c(c2)CCN3C(=O)c2ccccc2)cc1. The topological polar surface area (TPSA) is 66.5 Å². The lowest BCUT2D eigenvalue weighted by molar-refractivity contribution is 0.0989. The fraction of sp³-hybridized carbons (Fsp3) is 0.174. The first-order valence-electron chi connectivity index (χ1n) is 9.49. The molecule has 1 aliphatic heterocycles. The molecule has 0 atom stereocenters. The smallest absolute Gasteiger partial charge is 0.258 e. The van der Waals surface area contributed by atoms with Crippen LogP contribution in [0.5, 0.6) is 0 Å². The van der Waals surface area contributed by atoms with Crippen LogP contribution in [0.3, 0.4) is 0 Å². The van der Waals surface area contributed by atoms with E-state index in [0.717, 1.165) is 28.8 Å². The number of nitrogens with one attached hydrogen (secondary N) is 1. The molecule has 3 aromatic carbocycles. The summed E-state index contributed by atoms with van der Waals surface area (Å²) in [7, 11) is -3.56. The molecule has 1 amide bonds. The molecule has 0 unspecified atom stereocenters. The second-order valence-electron chi connectivity index (χ2n) is 7.17. The van der Waals surface area contributed by atoms with Gasteiger partial charge in [-0.15, -0.1) is 0 Å². The summed E-state index contributed by atoms with van der Waals surface area (Å²) in [4.78, 5) is 14.8. The number of carbonyl (C=O) groups excluding carboxylic acids is 1. The molecule has 0 radical (unpaired) electrons. The molecule has 0 aromatic heterocycles. The van der Waals surface area contributed by atoms with E-state index in [1.165, 1.54) is 0 Å². The standard InChI is InChI=1S/C23H22N2O3S/c1-17-7-10-21(11-8-17)29(27,28)24-16-18-9-12-22-20(15-18)13-14-25(22)23(26)19-5-3-2-4-6-19/h2-12,15,24H,13-14,16H2,1H3. The number of sulfonamides is 1. The largest absolute Gasteiger partial charge is 0.308 e. The molecule has 0 saturated heterocycles. The lowest BCUT2D eigenvalue weighted by Gasteiger charge is -2.17. The number of amides is 1. The Labute approximate surface area is 171 Å². The molecule has 0 bridgehead atoms. The Bertz CT molecular complexity index is 1140. The van der Waals surface area contributed by atoms with Crippen molar-refractivity contribution in [3.05, 3.63) is 95.1 Å². The minimum absolute atomic E-state index is 0.0165. The highest BCUT2D eigenvalue weighted by molar-refractivity contribution is 7.89. The van der Waals surface area contributed by atoms with Gasteiger partial charge >= 0.3 is 0 Å². The Hall–Kier alpha value is -2.96. The van der Waals surface area contributed by atoms with Crippen molar-refractivity contribution in [3.63, 3.8) is 0 Å². The number of nitrogens with zero attached hydrogens (tertiary/aromatic N) is 1. The minimum Gasteiger partial charge on any atom is -0.308 e. The summed E-state index contributed by atoms with van der Waals surface area (Å²) in [5.41, 5.74) is 4.49. The van der Waals surface area contributed by atoms with Gasteiger partial charge in [-0.1, -0.05) is 48.0 Å². The molecule has 3 aromatic rings. The van der Waals surface area contributed by atoms with Crippen LogP contribution >= 0.6 is 0 Å².